The van der Waals surface area contributed by atoms with Gasteiger partial charge in [-0.25, -0.2) is 0 Å². The van der Waals surface area contributed by atoms with Gasteiger partial charge in [0.1, 0.15) is 5.78 Å². The lowest BCUT2D eigenvalue weighted by atomic mass is 9.81. The summed E-state index contributed by atoms with van der Waals surface area (Å²) in [6, 6.07) is 0. The van der Waals surface area contributed by atoms with Crippen molar-refractivity contribution in [1.82, 2.24) is 5.32 Å². The van der Waals surface area contributed by atoms with E-state index in [1.165, 1.54) is 19.3 Å². The van der Waals surface area contributed by atoms with Crippen LogP contribution in [0.5, 0.6) is 0 Å². The van der Waals surface area contributed by atoms with E-state index in [1.54, 1.807) is 0 Å². The Labute approximate surface area is 164 Å². The van der Waals surface area contributed by atoms with Crippen LogP contribution in [-0.2, 0) is 9.53 Å². The third-order valence-corrected chi connectivity index (χ3v) is 4.82. The van der Waals surface area contributed by atoms with Gasteiger partial charge in [-0.2, -0.15) is 0 Å². The first-order valence-corrected chi connectivity index (χ1v) is 10.7. The van der Waals surface area contributed by atoms with Gasteiger partial charge in [-0.05, 0) is 73.3 Å². The van der Waals surface area contributed by atoms with Gasteiger partial charge < -0.3 is 10.1 Å². The SMILES string of the molecule is CC(CCCC(C)(C)OCCCCCCNC(C)(C)C)C(=O)C(C)(C)C. The van der Waals surface area contributed by atoms with Crippen molar-refractivity contribution in [2.45, 2.75) is 118 Å². The molecule has 0 saturated carbocycles. The van der Waals surface area contributed by atoms with Gasteiger partial charge in [-0.1, -0.05) is 40.5 Å². The fourth-order valence-electron chi connectivity index (χ4n) is 3.17. The molecule has 0 heterocycles. The minimum Gasteiger partial charge on any atom is -0.376 e. The van der Waals surface area contributed by atoms with Crippen LogP contribution in [-0.4, -0.2) is 30.1 Å². The lowest BCUT2D eigenvalue weighted by Gasteiger charge is -2.27. The maximum absolute atomic E-state index is 12.3. The summed E-state index contributed by atoms with van der Waals surface area (Å²) in [5.74, 6) is 0.518. The topological polar surface area (TPSA) is 38.3 Å². The molecule has 0 fully saturated rings. The van der Waals surface area contributed by atoms with E-state index in [-0.39, 0.29) is 22.5 Å². The highest BCUT2D eigenvalue weighted by atomic mass is 16.5. The molecule has 1 unspecified atom stereocenters. The monoisotopic (exact) mass is 369 g/mol. The standard InChI is InChI=1S/C23H47NO2/c1-19(20(25)21(2,3)4)15-14-16-23(8,9)26-18-13-11-10-12-17-24-22(5,6)7/h19,24H,10-18H2,1-9H3. The smallest absolute Gasteiger partial charge is 0.140 e. The van der Waals surface area contributed by atoms with Crippen molar-refractivity contribution in [3.8, 4) is 0 Å². The Morgan fingerprint density at radius 1 is 0.885 bits per heavy atom. The number of carbonyl (C=O) groups excluding carboxylic acids is 1. The Bertz CT molecular complexity index is 388. The number of ether oxygens (including phenoxy) is 1. The summed E-state index contributed by atoms with van der Waals surface area (Å²) in [4.78, 5) is 12.3. The molecule has 156 valence electrons. The van der Waals surface area contributed by atoms with Crippen LogP contribution in [0.15, 0.2) is 0 Å². The first-order valence-electron chi connectivity index (χ1n) is 10.7. The van der Waals surface area contributed by atoms with E-state index in [1.807, 2.05) is 20.8 Å². The lowest BCUT2D eigenvalue weighted by Crippen LogP contribution is -2.36. The van der Waals surface area contributed by atoms with Crippen LogP contribution in [0.3, 0.4) is 0 Å². The van der Waals surface area contributed by atoms with Crippen molar-refractivity contribution >= 4 is 5.78 Å². The molecule has 26 heavy (non-hydrogen) atoms. The molecular formula is C23H47NO2. The van der Waals surface area contributed by atoms with Crippen molar-refractivity contribution in [3.05, 3.63) is 0 Å². The van der Waals surface area contributed by atoms with E-state index in [0.29, 0.717) is 5.78 Å². The largest absolute Gasteiger partial charge is 0.376 e. The van der Waals surface area contributed by atoms with Crippen molar-refractivity contribution < 1.29 is 9.53 Å². The van der Waals surface area contributed by atoms with Crippen LogP contribution >= 0.6 is 0 Å². The number of hydrogen-bond acceptors (Lipinski definition) is 3. The molecule has 0 aromatic rings. The Hall–Kier alpha value is -0.410. The number of Topliss-reactive ketones (excluding diaryl/α,β-unsaturated/α-hetero) is 1. The van der Waals surface area contributed by atoms with E-state index in [2.05, 4.69) is 46.9 Å². The molecule has 0 amide bonds. The van der Waals surface area contributed by atoms with E-state index >= 15 is 0 Å². The number of carbonyl (C=O) groups is 1. The highest BCUT2D eigenvalue weighted by Gasteiger charge is 2.27. The molecule has 0 radical (unpaired) electrons. The molecule has 0 aromatic heterocycles. The first kappa shape index (κ1) is 25.6. The maximum atomic E-state index is 12.3. The van der Waals surface area contributed by atoms with Gasteiger partial charge in [0.2, 0.25) is 0 Å². The Kier molecular flexibility index (Phi) is 11.3. The summed E-state index contributed by atoms with van der Waals surface area (Å²) in [6.07, 6.45) is 7.90. The molecule has 0 aliphatic heterocycles. The third-order valence-electron chi connectivity index (χ3n) is 4.82. The molecule has 3 nitrogen and oxygen atoms in total. The summed E-state index contributed by atoms with van der Waals surface area (Å²) >= 11 is 0. The number of unbranched alkanes of at least 4 members (excludes halogenated alkanes) is 3. The van der Waals surface area contributed by atoms with Crippen molar-refractivity contribution in [2.75, 3.05) is 13.2 Å². The van der Waals surface area contributed by atoms with Gasteiger partial charge >= 0.3 is 0 Å². The number of nitrogens with one attached hydrogen (secondary N) is 1. The minimum absolute atomic E-state index is 0.0850. The maximum Gasteiger partial charge on any atom is 0.140 e. The van der Waals surface area contributed by atoms with E-state index < -0.39 is 0 Å². The average Bonchev–Trinajstić information content (AvgIpc) is 2.46. The van der Waals surface area contributed by atoms with Crippen LogP contribution in [0.1, 0.15) is 107 Å². The number of hydrogen-bond donors (Lipinski definition) is 1. The molecule has 0 aromatic carbocycles. The second-order valence-electron chi connectivity index (χ2n) is 10.6. The molecule has 0 aliphatic rings. The second kappa shape index (κ2) is 11.4. The predicted octanol–water partition coefficient (Wildman–Crippen LogP) is 6.15. The van der Waals surface area contributed by atoms with Crippen LogP contribution in [0.4, 0.5) is 0 Å². The fourth-order valence-corrected chi connectivity index (χ4v) is 3.17. The molecule has 1 N–H and O–H groups in total. The highest BCUT2D eigenvalue weighted by molar-refractivity contribution is 5.85. The number of rotatable bonds is 13. The summed E-state index contributed by atoms with van der Waals surface area (Å²) in [6.45, 7) is 21.0. The van der Waals surface area contributed by atoms with Crippen LogP contribution < -0.4 is 5.32 Å². The molecule has 0 saturated heterocycles. The summed E-state index contributed by atoms with van der Waals surface area (Å²) in [7, 11) is 0. The summed E-state index contributed by atoms with van der Waals surface area (Å²) in [5.41, 5.74) is -0.0890. The van der Waals surface area contributed by atoms with E-state index in [4.69, 9.17) is 4.74 Å². The molecule has 0 bridgehead atoms. The summed E-state index contributed by atoms with van der Waals surface area (Å²) < 4.78 is 6.10. The van der Waals surface area contributed by atoms with Gasteiger partial charge in [-0.15, -0.1) is 0 Å². The third kappa shape index (κ3) is 13.7. The zero-order valence-corrected chi connectivity index (χ0v) is 19.3. The van der Waals surface area contributed by atoms with Crippen LogP contribution in [0.25, 0.3) is 0 Å². The second-order valence-corrected chi connectivity index (χ2v) is 10.6. The quantitative estimate of drug-likeness (QED) is 0.396. The van der Waals surface area contributed by atoms with Crippen molar-refractivity contribution in [3.63, 3.8) is 0 Å². The van der Waals surface area contributed by atoms with Crippen molar-refractivity contribution in [1.29, 1.82) is 0 Å². The number of ketones is 1. The summed E-state index contributed by atoms with van der Waals surface area (Å²) in [5, 5.41) is 3.53. The normalized spacial score (nSPS) is 14.5. The molecule has 1 atom stereocenters. The van der Waals surface area contributed by atoms with Crippen molar-refractivity contribution in [2.24, 2.45) is 11.3 Å². The molecule has 0 rings (SSSR count). The average molecular weight is 370 g/mol. The molecule has 0 spiro atoms. The molecule has 3 heteroatoms. The zero-order valence-electron chi connectivity index (χ0n) is 19.3. The van der Waals surface area contributed by atoms with E-state index in [0.717, 1.165) is 38.8 Å². The van der Waals surface area contributed by atoms with Gasteiger partial charge in [0.05, 0.1) is 5.60 Å². The first-order chi connectivity index (χ1) is 11.7. The lowest BCUT2D eigenvalue weighted by molar-refractivity contribution is -0.130. The van der Waals surface area contributed by atoms with E-state index in [9.17, 15) is 4.79 Å². The zero-order chi connectivity index (χ0) is 20.4. The van der Waals surface area contributed by atoms with Gasteiger partial charge in [-0.3, -0.25) is 4.79 Å². The van der Waals surface area contributed by atoms with Crippen LogP contribution in [0.2, 0.25) is 0 Å². The molecular weight excluding hydrogens is 322 g/mol. The fraction of sp³-hybridized carbons (Fsp3) is 0.957. The Balaban J connectivity index is 3.78. The van der Waals surface area contributed by atoms with Gasteiger partial charge in [0.15, 0.2) is 0 Å². The Morgan fingerprint density at radius 3 is 2.00 bits per heavy atom. The van der Waals surface area contributed by atoms with Crippen LogP contribution in [0, 0.1) is 11.3 Å². The highest BCUT2D eigenvalue weighted by Crippen LogP contribution is 2.25. The molecule has 0 aliphatic carbocycles. The Morgan fingerprint density at radius 2 is 1.46 bits per heavy atom. The predicted molar refractivity (Wildman–Crippen MR) is 114 cm³/mol. The van der Waals surface area contributed by atoms with Gasteiger partial charge in [0, 0.05) is 23.5 Å². The van der Waals surface area contributed by atoms with Gasteiger partial charge in [0.25, 0.3) is 0 Å². The minimum atomic E-state index is -0.228.